The van der Waals surface area contributed by atoms with E-state index in [0.29, 0.717) is 6.54 Å². The quantitative estimate of drug-likeness (QED) is 0.402. The third-order valence-electron chi connectivity index (χ3n) is 5.46. The van der Waals surface area contributed by atoms with Crippen LogP contribution in [0.25, 0.3) is 0 Å². The molecule has 0 spiro atoms. The van der Waals surface area contributed by atoms with Gasteiger partial charge < -0.3 is 20.1 Å². The van der Waals surface area contributed by atoms with Gasteiger partial charge in [0, 0.05) is 39.3 Å². The SMILES string of the molecule is CN(Cc1ccc(C2=NCCN2)cc1)C(=O)COCCN(C)S(=O)(=O)c1ccccc1C#N.O=C(O)C(F)(F)F. The summed E-state index contributed by atoms with van der Waals surface area (Å²) in [4.78, 5) is 27.2. The van der Waals surface area contributed by atoms with Crippen LogP contribution in [0.2, 0.25) is 0 Å². The Morgan fingerprint density at radius 2 is 1.77 bits per heavy atom. The molecule has 0 unspecified atom stereocenters. The number of carbonyl (C=O) groups excluding carboxylic acids is 1. The molecule has 1 heterocycles. The zero-order chi connectivity index (χ0) is 29.9. The van der Waals surface area contributed by atoms with Crippen LogP contribution < -0.4 is 5.32 Å². The molecule has 0 radical (unpaired) electrons. The number of nitrogens with zero attached hydrogens (tertiary/aromatic N) is 4. The van der Waals surface area contributed by atoms with Gasteiger partial charge in [0.1, 0.15) is 18.5 Å². The number of aliphatic imine (C=N–C) groups is 1. The first-order valence-corrected chi connectivity index (χ1v) is 13.2. The summed E-state index contributed by atoms with van der Waals surface area (Å²) in [6.45, 7) is 2.01. The van der Waals surface area contributed by atoms with Gasteiger partial charge in [0.05, 0.1) is 23.6 Å². The highest BCUT2D eigenvalue weighted by Crippen LogP contribution is 2.18. The summed E-state index contributed by atoms with van der Waals surface area (Å²) < 4.78 is 63.6. The summed E-state index contributed by atoms with van der Waals surface area (Å²) in [5.74, 6) is -2.07. The Kier molecular flexibility index (Phi) is 11.6. The standard InChI is InChI=1S/C23H27N5O4S.C2HF3O2/c1-27(16-18-7-9-19(10-8-18)23-25-11-12-26-23)22(29)17-32-14-13-28(2)33(30,31)21-6-4-3-5-20(21)15-24;3-2(4,5)1(6)7/h3-10H,11-14,16-17H2,1-2H3,(H,25,26);(H,6,7). The summed E-state index contributed by atoms with van der Waals surface area (Å²) in [6.07, 6.45) is -5.08. The van der Waals surface area contributed by atoms with Crippen LogP contribution in [0, 0.1) is 11.3 Å². The van der Waals surface area contributed by atoms with Crippen LogP contribution in [0.5, 0.6) is 0 Å². The number of alkyl halides is 3. The summed E-state index contributed by atoms with van der Waals surface area (Å²) in [5.41, 5.74) is 2.09. The number of amidine groups is 1. The second kappa shape index (κ2) is 14.4. The van der Waals surface area contributed by atoms with Gasteiger partial charge in [-0.3, -0.25) is 9.79 Å². The van der Waals surface area contributed by atoms with Gasteiger partial charge in [-0.05, 0) is 17.7 Å². The fourth-order valence-electron chi connectivity index (χ4n) is 3.26. The van der Waals surface area contributed by atoms with E-state index in [0.717, 1.165) is 34.4 Å². The van der Waals surface area contributed by atoms with E-state index >= 15 is 0 Å². The second-order valence-corrected chi connectivity index (χ2v) is 10.4. The average Bonchev–Trinajstić information content (AvgIpc) is 3.46. The molecule has 11 nitrogen and oxygen atoms in total. The van der Waals surface area contributed by atoms with E-state index in [1.54, 1.807) is 24.1 Å². The number of hydrogen-bond acceptors (Lipinski definition) is 8. The van der Waals surface area contributed by atoms with E-state index in [-0.39, 0.29) is 36.1 Å². The molecular weight excluding hydrogens is 555 g/mol. The number of amides is 1. The summed E-state index contributed by atoms with van der Waals surface area (Å²) in [7, 11) is -0.721. The van der Waals surface area contributed by atoms with Gasteiger partial charge in [0.15, 0.2) is 0 Å². The first-order valence-electron chi connectivity index (χ1n) is 11.7. The highest BCUT2D eigenvalue weighted by Gasteiger charge is 2.38. The summed E-state index contributed by atoms with van der Waals surface area (Å²) in [6, 6.07) is 15.8. The van der Waals surface area contributed by atoms with Crippen molar-refractivity contribution in [3.05, 3.63) is 65.2 Å². The van der Waals surface area contributed by atoms with Crippen LogP contribution in [0.4, 0.5) is 13.2 Å². The van der Waals surface area contributed by atoms with Crippen molar-refractivity contribution < 1.29 is 41.0 Å². The van der Waals surface area contributed by atoms with Crippen LogP contribution in [-0.4, -0.2) is 93.6 Å². The molecule has 216 valence electrons. The molecule has 0 saturated carbocycles. The van der Waals surface area contributed by atoms with E-state index in [4.69, 9.17) is 19.9 Å². The van der Waals surface area contributed by atoms with Gasteiger partial charge in [0.2, 0.25) is 15.9 Å². The van der Waals surface area contributed by atoms with Crippen molar-refractivity contribution in [2.45, 2.75) is 17.6 Å². The lowest BCUT2D eigenvalue weighted by atomic mass is 10.1. The van der Waals surface area contributed by atoms with Crippen molar-refractivity contribution in [1.82, 2.24) is 14.5 Å². The number of sulfonamides is 1. The molecule has 2 aromatic carbocycles. The molecule has 40 heavy (non-hydrogen) atoms. The number of likely N-dealkylation sites (N-methyl/N-ethyl adjacent to an activating group) is 2. The van der Waals surface area contributed by atoms with Crippen LogP contribution >= 0.6 is 0 Å². The smallest absolute Gasteiger partial charge is 0.475 e. The molecule has 1 aliphatic rings. The molecule has 2 aromatic rings. The Morgan fingerprint density at radius 1 is 1.15 bits per heavy atom. The number of carboxylic acids is 1. The van der Waals surface area contributed by atoms with Crippen molar-refractivity contribution in [2.24, 2.45) is 4.99 Å². The molecule has 0 atom stereocenters. The lowest BCUT2D eigenvalue weighted by Crippen LogP contribution is -2.33. The maximum absolute atomic E-state index is 12.7. The largest absolute Gasteiger partial charge is 0.490 e. The Labute approximate surface area is 229 Å². The fourth-order valence-corrected chi connectivity index (χ4v) is 4.55. The second-order valence-electron chi connectivity index (χ2n) is 8.39. The van der Waals surface area contributed by atoms with Gasteiger partial charge in [-0.25, -0.2) is 13.2 Å². The Morgan fingerprint density at radius 3 is 2.33 bits per heavy atom. The zero-order valence-electron chi connectivity index (χ0n) is 21.7. The number of nitriles is 1. The Bertz CT molecular complexity index is 1360. The Hall–Kier alpha value is -4.00. The number of rotatable bonds is 10. The number of ether oxygens (including phenoxy) is 1. The first-order chi connectivity index (χ1) is 18.8. The third-order valence-corrected chi connectivity index (χ3v) is 7.38. The number of carbonyl (C=O) groups is 2. The molecule has 15 heteroatoms. The van der Waals surface area contributed by atoms with Gasteiger partial charge in [-0.2, -0.15) is 22.7 Å². The molecule has 3 rings (SSSR count). The maximum atomic E-state index is 12.7. The molecular formula is C25H28F3N5O6S. The van der Waals surface area contributed by atoms with E-state index in [1.165, 1.54) is 19.2 Å². The average molecular weight is 584 g/mol. The highest BCUT2D eigenvalue weighted by molar-refractivity contribution is 7.89. The number of aliphatic carboxylic acids is 1. The number of halogens is 3. The molecule has 0 aromatic heterocycles. The molecule has 0 fully saturated rings. The zero-order valence-corrected chi connectivity index (χ0v) is 22.5. The minimum absolute atomic E-state index is 0.0485. The lowest BCUT2D eigenvalue weighted by molar-refractivity contribution is -0.192. The fraction of sp³-hybridized carbons (Fsp3) is 0.360. The Balaban J connectivity index is 0.000000708. The number of hydrogen-bond donors (Lipinski definition) is 2. The minimum atomic E-state index is -5.08. The van der Waals surface area contributed by atoms with E-state index < -0.39 is 22.2 Å². The van der Waals surface area contributed by atoms with Crippen molar-refractivity contribution in [3.63, 3.8) is 0 Å². The van der Waals surface area contributed by atoms with Crippen molar-refractivity contribution in [1.29, 1.82) is 5.26 Å². The molecule has 2 N–H and O–H groups in total. The van der Waals surface area contributed by atoms with E-state index in [1.807, 2.05) is 30.3 Å². The van der Waals surface area contributed by atoms with Crippen LogP contribution in [0.1, 0.15) is 16.7 Å². The van der Waals surface area contributed by atoms with Crippen molar-refractivity contribution >= 4 is 27.7 Å². The van der Waals surface area contributed by atoms with Gasteiger partial charge in [-0.15, -0.1) is 0 Å². The molecule has 0 aliphatic carbocycles. The van der Waals surface area contributed by atoms with E-state index in [2.05, 4.69) is 10.3 Å². The number of benzene rings is 2. The minimum Gasteiger partial charge on any atom is -0.475 e. The maximum Gasteiger partial charge on any atom is 0.490 e. The summed E-state index contributed by atoms with van der Waals surface area (Å²) >= 11 is 0. The highest BCUT2D eigenvalue weighted by atomic mass is 32.2. The molecule has 0 saturated heterocycles. The van der Waals surface area contributed by atoms with Gasteiger partial charge in [-0.1, -0.05) is 36.4 Å². The molecule has 1 amide bonds. The first kappa shape index (κ1) is 32.2. The number of nitrogens with one attached hydrogen (secondary N) is 1. The van der Waals surface area contributed by atoms with Crippen molar-refractivity contribution in [2.75, 3.05) is 46.9 Å². The van der Waals surface area contributed by atoms with Gasteiger partial charge in [0.25, 0.3) is 0 Å². The molecule has 0 bridgehead atoms. The van der Waals surface area contributed by atoms with Crippen molar-refractivity contribution in [3.8, 4) is 6.07 Å². The predicted molar refractivity (Wildman–Crippen MR) is 138 cm³/mol. The van der Waals surface area contributed by atoms with Crippen LogP contribution in [-0.2, 0) is 30.9 Å². The topological polar surface area (TPSA) is 152 Å². The van der Waals surface area contributed by atoms with Crippen LogP contribution in [0.3, 0.4) is 0 Å². The predicted octanol–water partition coefficient (Wildman–Crippen LogP) is 1.84. The number of carboxylic acid groups (broad SMARTS) is 1. The van der Waals surface area contributed by atoms with Gasteiger partial charge >= 0.3 is 12.1 Å². The normalized spacial score (nSPS) is 13.0. The van der Waals surface area contributed by atoms with E-state index in [9.17, 15) is 26.4 Å². The van der Waals surface area contributed by atoms with Crippen LogP contribution in [0.15, 0.2) is 58.4 Å². The summed E-state index contributed by atoms with van der Waals surface area (Å²) in [5, 5.41) is 19.5. The third kappa shape index (κ3) is 9.33. The molecule has 1 aliphatic heterocycles. The lowest BCUT2D eigenvalue weighted by Gasteiger charge is -2.19. The monoisotopic (exact) mass is 583 g/mol.